The van der Waals surface area contributed by atoms with Gasteiger partial charge in [0.15, 0.2) is 0 Å². The second kappa shape index (κ2) is 7.89. The van der Waals surface area contributed by atoms with E-state index < -0.39 is 23.6 Å². The molecule has 156 valence electrons. The van der Waals surface area contributed by atoms with Gasteiger partial charge in [-0.3, -0.25) is 9.59 Å². The lowest BCUT2D eigenvalue weighted by molar-refractivity contribution is -0.154. The van der Waals surface area contributed by atoms with E-state index in [1.54, 1.807) is 0 Å². The van der Waals surface area contributed by atoms with Crippen LogP contribution in [-0.2, 0) is 25.5 Å². The topological polar surface area (TPSA) is 91.5 Å². The third-order valence-corrected chi connectivity index (χ3v) is 5.29. The van der Waals surface area contributed by atoms with Crippen LogP contribution < -0.4 is 5.32 Å². The average Bonchev–Trinajstić information content (AvgIpc) is 3.17. The third kappa shape index (κ3) is 4.28. The summed E-state index contributed by atoms with van der Waals surface area (Å²) in [5.41, 5.74) is 1.42. The van der Waals surface area contributed by atoms with E-state index in [1.165, 1.54) is 12.0 Å². The molecule has 0 unspecified atom stereocenters. The fraction of sp³-hybridized carbons (Fsp3) is 0.500. The summed E-state index contributed by atoms with van der Waals surface area (Å²) in [4.78, 5) is 43.2. The molecule has 29 heavy (non-hydrogen) atoms. The van der Waals surface area contributed by atoms with Gasteiger partial charge in [0.2, 0.25) is 11.8 Å². The van der Waals surface area contributed by atoms with Crippen LogP contribution >= 0.6 is 0 Å². The number of hydrogen-bond donors (Lipinski definition) is 2. The first kappa shape index (κ1) is 20.9. The molecule has 0 aliphatic carbocycles. The predicted octanol–water partition coefficient (Wildman–Crippen LogP) is 2.40. The van der Waals surface area contributed by atoms with Crippen LogP contribution in [0.1, 0.15) is 39.7 Å². The van der Waals surface area contributed by atoms with Gasteiger partial charge in [-0.05, 0) is 38.3 Å². The van der Waals surface area contributed by atoms with Gasteiger partial charge in [-0.25, -0.2) is 4.79 Å². The van der Waals surface area contributed by atoms with Crippen molar-refractivity contribution < 1.29 is 19.1 Å². The number of hydrogen-bond acceptors (Lipinski definition) is 4. The van der Waals surface area contributed by atoms with Gasteiger partial charge in [0.05, 0.1) is 7.11 Å². The molecule has 2 N–H and O–H groups in total. The Hall–Kier alpha value is -2.83. The number of aromatic nitrogens is 1. The van der Waals surface area contributed by atoms with E-state index in [1.807, 2.05) is 58.2 Å². The molecule has 0 saturated carbocycles. The molecule has 3 rings (SSSR count). The number of para-hydroxylation sites is 1. The molecule has 1 saturated heterocycles. The molecule has 2 aromatic rings. The smallest absolute Gasteiger partial charge is 0.328 e. The summed E-state index contributed by atoms with van der Waals surface area (Å²) in [5.74, 6) is -1.17. The lowest BCUT2D eigenvalue weighted by atomic mass is 9.98. The van der Waals surface area contributed by atoms with Gasteiger partial charge in [-0.15, -0.1) is 0 Å². The molecule has 2 heterocycles. The molecular weight excluding hydrogens is 370 g/mol. The van der Waals surface area contributed by atoms with Crippen LogP contribution in [0.2, 0.25) is 0 Å². The first-order chi connectivity index (χ1) is 13.6. The molecule has 0 bridgehead atoms. The Morgan fingerprint density at radius 2 is 2.00 bits per heavy atom. The second-order valence-corrected chi connectivity index (χ2v) is 8.77. The number of benzene rings is 1. The zero-order chi connectivity index (χ0) is 21.3. The van der Waals surface area contributed by atoms with Gasteiger partial charge in [0.1, 0.15) is 12.1 Å². The van der Waals surface area contributed by atoms with E-state index in [2.05, 4.69) is 10.3 Å². The number of nitrogens with one attached hydrogen (secondary N) is 2. The van der Waals surface area contributed by atoms with Crippen molar-refractivity contribution in [1.82, 2.24) is 15.2 Å². The molecule has 1 aromatic heterocycles. The van der Waals surface area contributed by atoms with Gasteiger partial charge < -0.3 is 19.9 Å². The maximum atomic E-state index is 13.0. The van der Waals surface area contributed by atoms with Crippen LogP contribution in [0.5, 0.6) is 0 Å². The number of carbonyl (C=O) groups excluding carboxylic acids is 3. The van der Waals surface area contributed by atoms with E-state index in [-0.39, 0.29) is 30.6 Å². The van der Waals surface area contributed by atoms with Crippen molar-refractivity contribution in [3.05, 3.63) is 36.0 Å². The number of carbonyl (C=O) groups is 3. The number of fused-ring (bicyclic) bond motifs is 1. The summed E-state index contributed by atoms with van der Waals surface area (Å²) in [6.45, 7) is 7.53. The quantitative estimate of drug-likeness (QED) is 0.756. The number of methoxy groups -OCH3 is 1. The van der Waals surface area contributed by atoms with Gasteiger partial charge in [-0.1, -0.05) is 25.1 Å². The van der Waals surface area contributed by atoms with Gasteiger partial charge >= 0.3 is 5.97 Å². The fourth-order valence-electron chi connectivity index (χ4n) is 4.06. The normalized spacial score (nSPS) is 20.7. The van der Waals surface area contributed by atoms with Crippen molar-refractivity contribution in [2.24, 2.45) is 5.92 Å². The van der Waals surface area contributed by atoms with Crippen molar-refractivity contribution in [3.8, 4) is 0 Å². The standard InChI is InChI=1S/C22H29N3O4/c1-13-10-18(26)25(19(13)20(27)24-22(2,3)4)17(21(28)29-5)11-14-12-23-16-9-7-6-8-15(14)16/h6-9,12-13,17,19,23H,10-11H2,1-5H3,(H,24,27)/t13-,17+,19-/m1/s1. The maximum absolute atomic E-state index is 13.0. The van der Waals surface area contributed by atoms with Crippen molar-refractivity contribution in [1.29, 1.82) is 0 Å². The SMILES string of the molecule is COC(=O)[C@H](Cc1c[nH]c2ccccc12)N1C(=O)C[C@@H](C)[C@@H]1C(=O)NC(C)(C)C. The summed E-state index contributed by atoms with van der Waals surface area (Å²) in [7, 11) is 1.30. The van der Waals surface area contributed by atoms with Crippen molar-refractivity contribution in [2.75, 3.05) is 7.11 Å². The number of amides is 2. The molecule has 1 aliphatic rings. The zero-order valence-electron chi connectivity index (χ0n) is 17.6. The number of aromatic amines is 1. The van der Waals surface area contributed by atoms with E-state index in [4.69, 9.17) is 4.74 Å². The summed E-state index contributed by atoms with van der Waals surface area (Å²) < 4.78 is 5.02. The minimum absolute atomic E-state index is 0.194. The van der Waals surface area contributed by atoms with Crippen molar-refractivity contribution in [3.63, 3.8) is 0 Å². The molecule has 2 amide bonds. The fourth-order valence-corrected chi connectivity index (χ4v) is 4.06. The lowest BCUT2D eigenvalue weighted by Gasteiger charge is -2.34. The Labute approximate surface area is 170 Å². The Bertz CT molecular complexity index is 928. The van der Waals surface area contributed by atoms with Gasteiger partial charge in [0, 0.05) is 35.5 Å². The van der Waals surface area contributed by atoms with E-state index >= 15 is 0 Å². The van der Waals surface area contributed by atoms with E-state index in [0.717, 1.165) is 16.5 Å². The van der Waals surface area contributed by atoms with Crippen LogP contribution in [0.25, 0.3) is 10.9 Å². The highest BCUT2D eigenvalue weighted by molar-refractivity contribution is 5.95. The number of likely N-dealkylation sites (tertiary alicyclic amines) is 1. The van der Waals surface area contributed by atoms with Crippen LogP contribution in [0.15, 0.2) is 30.5 Å². The Kier molecular flexibility index (Phi) is 5.68. The molecule has 1 aliphatic heterocycles. The van der Waals surface area contributed by atoms with E-state index in [9.17, 15) is 14.4 Å². The van der Waals surface area contributed by atoms with Crippen LogP contribution in [0.4, 0.5) is 0 Å². The summed E-state index contributed by atoms with van der Waals surface area (Å²) in [5, 5.41) is 3.93. The summed E-state index contributed by atoms with van der Waals surface area (Å²) in [6.07, 6.45) is 2.34. The molecule has 0 spiro atoms. The Balaban J connectivity index is 1.96. The second-order valence-electron chi connectivity index (χ2n) is 8.77. The Morgan fingerprint density at radius 3 is 2.66 bits per heavy atom. The van der Waals surface area contributed by atoms with Crippen molar-refractivity contribution in [2.45, 2.75) is 58.2 Å². The molecule has 0 radical (unpaired) electrons. The Morgan fingerprint density at radius 1 is 1.31 bits per heavy atom. The zero-order valence-corrected chi connectivity index (χ0v) is 17.6. The van der Waals surface area contributed by atoms with Gasteiger partial charge in [0.25, 0.3) is 0 Å². The highest BCUT2D eigenvalue weighted by atomic mass is 16.5. The molecule has 3 atom stereocenters. The lowest BCUT2D eigenvalue weighted by Crippen LogP contribution is -2.57. The average molecular weight is 399 g/mol. The minimum atomic E-state index is -0.868. The molecule has 1 aromatic carbocycles. The number of rotatable bonds is 5. The number of ether oxygens (including phenoxy) is 1. The predicted molar refractivity (Wildman–Crippen MR) is 110 cm³/mol. The largest absolute Gasteiger partial charge is 0.467 e. The number of nitrogens with zero attached hydrogens (tertiary/aromatic N) is 1. The minimum Gasteiger partial charge on any atom is -0.467 e. The van der Waals surface area contributed by atoms with Gasteiger partial charge in [-0.2, -0.15) is 0 Å². The highest BCUT2D eigenvalue weighted by Crippen LogP contribution is 2.31. The third-order valence-electron chi connectivity index (χ3n) is 5.29. The van der Waals surface area contributed by atoms with Crippen LogP contribution in [0, 0.1) is 5.92 Å². The highest BCUT2D eigenvalue weighted by Gasteiger charge is 2.48. The van der Waals surface area contributed by atoms with Crippen LogP contribution in [0.3, 0.4) is 0 Å². The van der Waals surface area contributed by atoms with Crippen molar-refractivity contribution >= 4 is 28.7 Å². The molecular formula is C22H29N3O4. The summed E-state index contributed by atoms with van der Waals surface area (Å²) in [6, 6.07) is 6.19. The number of esters is 1. The molecule has 7 nitrogen and oxygen atoms in total. The maximum Gasteiger partial charge on any atom is 0.328 e. The monoisotopic (exact) mass is 399 g/mol. The molecule has 7 heteroatoms. The summed E-state index contributed by atoms with van der Waals surface area (Å²) >= 11 is 0. The molecule has 1 fully saturated rings. The number of H-pyrrole nitrogens is 1. The van der Waals surface area contributed by atoms with Crippen LogP contribution in [-0.4, -0.2) is 52.4 Å². The van der Waals surface area contributed by atoms with E-state index in [0.29, 0.717) is 0 Å². The first-order valence-corrected chi connectivity index (χ1v) is 9.88. The first-order valence-electron chi connectivity index (χ1n) is 9.88.